The van der Waals surface area contributed by atoms with Crippen LogP contribution in [0.1, 0.15) is 26.2 Å². The van der Waals surface area contributed by atoms with Crippen molar-refractivity contribution in [3.05, 3.63) is 0 Å². The number of carbonyl (C=O) groups excluding carboxylic acids is 3. The van der Waals surface area contributed by atoms with Crippen molar-refractivity contribution in [3.8, 4) is 0 Å². The molecule has 11 N–H and O–H groups in total. The summed E-state index contributed by atoms with van der Waals surface area (Å²) in [5.74, 6) is -2.93. The summed E-state index contributed by atoms with van der Waals surface area (Å²) in [7, 11) is 0. The predicted octanol–water partition coefficient (Wildman–Crippen LogP) is -3.33. The van der Waals surface area contributed by atoms with E-state index in [-0.39, 0.29) is 18.8 Å². The molecule has 0 aliphatic rings. The van der Waals surface area contributed by atoms with E-state index in [0.29, 0.717) is 18.7 Å². The maximum Gasteiger partial charge on any atom is 0.322 e. The van der Waals surface area contributed by atoms with Gasteiger partial charge in [-0.15, -0.1) is 0 Å². The van der Waals surface area contributed by atoms with Crippen molar-refractivity contribution in [1.82, 2.24) is 16.0 Å². The van der Waals surface area contributed by atoms with Crippen LogP contribution in [-0.4, -0.2) is 89.2 Å². The Labute approximate surface area is 185 Å². The molecule has 0 saturated carbocycles. The van der Waals surface area contributed by atoms with Gasteiger partial charge in [-0.3, -0.25) is 24.2 Å². The zero-order valence-corrected chi connectivity index (χ0v) is 18.5. The van der Waals surface area contributed by atoms with Gasteiger partial charge >= 0.3 is 5.97 Å². The minimum absolute atomic E-state index is 0.0631. The molecule has 0 aromatic heterocycles. The number of aliphatic carboxylic acids is 1. The second kappa shape index (κ2) is 15.3. The molecule has 178 valence electrons. The molecule has 31 heavy (non-hydrogen) atoms. The third-order valence-corrected chi connectivity index (χ3v) is 4.67. The lowest BCUT2D eigenvalue weighted by molar-refractivity contribution is -0.139. The maximum absolute atomic E-state index is 12.7. The molecule has 0 aromatic rings. The van der Waals surface area contributed by atoms with Gasteiger partial charge in [-0.2, -0.15) is 11.8 Å². The fourth-order valence-corrected chi connectivity index (χ4v) is 2.84. The average Bonchev–Trinajstić information content (AvgIpc) is 2.69. The molecule has 0 bridgehead atoms. The summed E-state index contributed by atoms with van der Waals surface area (Å²) in [6.07, 6.45) is 1.52. The summed E-state index contributed by atoms with van der Waals surface area (Å²) < 4.78 is 0. The second-order valence-corrected chi connectivity index (χ2v) is 7.72. The van der Waals surface area contributed by atoms with E-state index in [1.54, 1.807) is 0 Å². The molecule has 4 unspecified atom stereocenters. The van der Waals surface area contributed by atoms with Crippen LogP contribution in [0.5, 0.6) is 0 Å². The number of aliphatic hydroxyl groups is 1. The lowest BCUT2D eigenvalue weighted by Gasteiger charge is -2.25. The van der Waals surface area contributed by atoms with Crippen LogP contribution in [0.25, 0.3) is 0 Å². The molecule has 3 amide bonds. The van der Waals surface area contributed by atoms with Crippen LogP contribution < -0.4 is 33.2 Å². The van der Waals surface area contributed by atoms with Crippen molar-refractivity contribution < 1.29 is 29.4 Å². The van der Waals surface area contributed by atoms with Crippen LogP contribution in [0.4, 0.5) is 0 Å². The quantitative estimate of drug-likeness (QED) is 0.0683. The smallest absolute Gasteiger partial charge is 0.322 e. The Bertz CT molecular complexity index is 642. The highest BCUT2D eigenvalue weighted by molar-refractivity contribution is 7.98. The predicted molar refractivity (Wildman–Crippen MR) is 117 cm³/mol. The second-order valence-electron chi connectivity index (χ2n) is 6.74. The number of guanidine groups is 1. The number of thioether (sulfide) groups is 1. The normalized spacial score (nSPS) is 14.5. The van der Waals surface area contributed by atoms with E-state index >= 15 is 0 Å². The van der Waals surface area contributed by atoms with E-state index < -0.39 is 54.5 Å². The molecule has 0 heterocycles. The Morgan fingerprint density at radius 3 is 2.23 bits per heavy atom. The lowest BCUT2D eigenvalue weighted by atomic mass is 10.1. The van der Waals surface area contributed by atoms with E-state index in [0.717, 1.165) is 0 Å². The molecule has 0 rings (SSSR count). The van der Waals surface area contributed by atoms with Crippen LogP contribution in [0.3, 0.4) is 0 Å². The van der Waals surface area contributed by atoms with Crippen LogP contribution in [0.2, 0.25) is 0 Å². The van der Waals surface area contributed by atoms with E-state index in [9.17, 15) is 24.3 Å². The molecule has 0 radical (unpaired) electrons. The highest BCUT2D eigenvalue weighted by Gasteiger charge is 2.30. The average molecular weight is 464 g/mol. The molecule has 0 spiro atoms. The number of carboxylic acids is 1. The summed E-state index contributed by atoms with van der Waals surface area (Å²) >= 11 is 1.45. The molecule has 14 heteroatoms. The molecule has 0 aliphatic carbocycles. The minimum atomic E-state index is -1.39. The summed E-state index contributed by atoms with van der Waals surface area (Å²) in [6, 6.07) is -3.30. The van der Waals surface area contributed by atoms with Crippen LogP contribution in [-0.2, 0) is 19.2 Å². The number of rotatable bonds is 15. The maximum atomic E-state index is 12.7. The van der Waals surface area contributed by atoms with Crippen molar-refractivity contribution in [3.63, 3.8) is 0 Å². The summed E-state index contributed by atoms with van der Waals surface area (Å²) in [6.45, 7) is 0.910. The van der Waals surface area contributed by atoms with E-state index in [2.05, 4.69) is 20.9 Å². The first-order valence-electron chi connectivity index (χ1n) is 9.57. The number of hydrogen-bond acceptors (Lipinski definition) is 8. The van der Waals surface area contributed by atoms with Crippen molar-refractivity contribution >= 4 is 41.4 Å². The van der Waals surface area contributed by atoms with Crippen molar-refractivity contribution in [2.45, 2.75) is 50.4 Å². The highest BCUT2D eigenvalue weighted by Crippen LogP contribution is 2.05. The van der Waals surface area contributed by atoms with Gasteiger partial charge in [0, 0.05) is 6.54 Å². The molecule has 13 nitrogen and oxygen atoms in total. The molecular weight excluding hydrogens is 430 g/mol. The standard InChI is InChI=1S/C17H33N7O6S/c1-9(25)13(16(30)22-8-12(26)27)24-15(29)11(5-7-31-2)23-14(28)10(18)4-3-6-21-17(19)20/h9-11,13,25H,3-8,18H2,1-2H3,(H,22,30)(H,23,28)(H,24,29)(H,26,27)(H4,19,20,21). The Kier molecular flexibility index (Phi) is 14.0. The van der Waals surface area contributed by atoms with Crippen LogP contribution >= 0.6 is 11.8 Å². The third-order valence-electron chi connectivity index (χ3n) is 4.02. The molecule has 4 atom stereocenters. The Hall–Kier alpha value is -2.58. The van der Waals surface area contributed by atoms with Gasteiger partial charge in [0.15, 0.2) is 5.96 Å². The first kappa shape index (κ1) is 28.4. The van der Waals surface area contributed by atoms with Crippen molar-refractivity contribution in [2.24, 2.45) is 22.2 Å². The van der Waals surface area contributed by atoms with Gasteiger partial charge in [-0.25, -0.2) is 0 Å². The number of carboxylic acid groups (broad SMARTS) is 1. The fourth-order valence-electron chi connectivity index (χ4n) is 2.37. The van der Waals surface area contributed by atoms with E-state index in [1.165, 1.54) is 18.7 Å². The van der Waals surface area contributed by atoms with Gasteiger partial charge in [-0.1, -0.05) is 0 Å². The van der Waals surface area contributed by atoms with Gasteiger partial charge in [0.05, 0.1) is 12.1 Å². The Morgan fingerprint density at radius 2 is 1.71 bits per heavy atom. The zero-order chi connectivity index (χ0) is 24.0. The highest BCUT2D eigenvalue weighted by atomic mass is 32.2. The van der Waals surface area contributed by atoms with Crippen molar-refractivity contribution in [1.29, 1.82) is 0 Å². The minimum Gasteiger partial charge on any atom is -0.480 e. The summed E-state index contributed by atoms with van der Waals surface area (Å²) in [5.41, 5.74) is 16.3. The number of aliphatic imine (C=N–C) groups is 1. The molecule has 0 fully saturated rings. The van der Waals surface area contributed by atoms with E-state index in [1.807, 2.05) is 6.26 Å². The van der Waals surface area contributed by atoms with Crippen molar-refractivity contribution in [2.75, 3.05) is 25.1 Å². The van der Waals surface area contributed by atoms with Gasteiger partial charge in [0.25, 0.3) is 0 Å². The van der Waals surface area contributed by atoms with Gasteiger partial charge in [0.1, 0.15) is 18.6 Å². The number of nitrogens with one attached hydrogen (secondary N) is 3. The zero-order valence-electron chi connectivity index (χ0n) is 17.7. The lowest BCUT2D eigenvalue weighted by Crippen LogP contribution is -2.58. The SMILES string of the molecule is CSCCC(NC(=O)C(N)CCCN=C(N)N)C(=O)NC(C(=O)NCC(=O)O)C(C)O. The Balaban J connectivity index is 5.03. The van der Waals surface area contributed by atoms with Gasteiger partial charge in [0.2, 0.25) is 17.7 Å². The third kappa shape index (κ3) is 12.7. The fraction of sp³-hybridized carbons (Fsp3) is 0.706. The summed E-state index contributed by atoms with van der Waals surface area (Å²) in [4.78, 5) is 51.6. The number of aliphatic hydroxyl groups excluding tert-OH is 1. The molecule has 0 aromatic carbocycles. The number of nitrogens with zero attached hydrogens (tertiary/aromatic N) is 1. The molecule has 0 aliphatic heterocycles. The molecular formula is C17H33N7O6S. The topological polar surface area (TPSA) is 235 Å². The number of nitrogens with two attached hydrogens (primary N) is 3. The Morgan fingerprint density at radius 1 is 1.06 bits per heavy atom. The first-order chi connectivity index (χ1) is 14.5. The van der Waals surface area contributed by atoms with Crippen LogP contribution in [0.15, 0.2) is 4.99 Å². The molecule has 0 saturated heterocycles. The van der Waals surface area contributed by atoms with E-state index in [4.69, 9.17) is 22.3 Å². The van der Waals surface area contributed by atoms with Crippen LogP contribution in [0, 0.1) is 0 Å². The first-order valence-corrected chi connectivity index (χ1v) is 11.0. The number of hydrogen-bond donors (Lipinski definition) is 8. The van der Waals surface area contributed by atoms with Gasteiger partial charge in [-0.05, 0) is 38.2 Å². The number of amides is 3. The van der Waals surface area contributed by atoms with Gasteiger partial charge < -0.3 is 43.4 Å². The monoisotopic (exact) mass is 463 g/mol. The number of carbonyl (C=O) groups is 4. The largest absolute Gasteiger partial charge is 0.480 e. The summed E-state index contributed by atoms with van der Waals surface area (Å²) in [5, 5.41) is 25.5.